The molecule has 2 unspecified atom stereocenters. The minimum atomic E-state index is -3.71. The lowest BCUT2D eigenvalue weighted by molar-refractivity contribution is -0.193. The van der Waals surface area contributed by atoms with Crippen molar-refractivity contribution in [1.82, 2.24) is 29.3 Å². The number of halogens is 2. The Morgan fingerprint density at radius 2 is 1.00 bits per heavy atom. The Kier molecular flexibility index (Phi) is 22.8. The molecule has 396 valence electrons. The van der Waals surface area contributed by atoms with Gasteiger partial charge in [0, 0.05) is 42.5 Å². The Balaban J connectivity index is 0.000000343. The van der Waals surface area contributed by atoms with E-state index in [9.17, 15) is 34.1 Å². The summed E-state index contributed by atoms with van der Waals surface area (Å²) in [6, 6.07) is 19.2. The molecule has 0 amide bonds. The molecule has 4 aromatic rings. The van der Waals surface area contributed by atoms with E-state index in [0.717, 1.165) is 34.4 Å². The van der Waals surface area contributed by atoms with E-state index < -0.39 is 93.3 Å². The van der Waals surface area contributed by atoms with Crippen LogP contribution in [0, 0.1) is 17.8 Å². The average molecular weight is 1060 g/mol. The molecule has 2 aliphatic rings. The third-order valence-corrected chi connectivity index (χ3v) is 15.0. The first-order valence-electron chi connectivity index (χ1n) is 22.2. The van der Waals surface area contributed by atoms with Crippen molar-refractivity contribution in [1.29, 1.82) is 0 Å². The molecule has 0 bridgehead atoms. The molecule has 0 radical (unpaired) electrons. The normalized spacial score (nSPS) is 25.8. The highest BCUT2D eigenvalue weighted by molar-refractivity contribution is 7.59. The molecule has 2 aliphatic heterocycles. The third kappa shape index (κ3) is 16.8. The number of aliphatic hydroxyl groups is 1. The van der Waals surface area contributed by atoms with Crippen LogP contribution in [0.4, 0.5) is 8.78 Å². The molecule has 7 N–H and O–H groups in total. The Labute approximate surface area is 413 Å². The highest BCUT2D eigenvalue weighted by atomic mass is 31.2. The van der Waals surface area contributed by atoms with Gasteiger partial charge < -0.3 is 14.6 Å². The van der Waals surface area contributed by atoms with Gasteiger partial charge in [0.25, 0.3) is 11.1 Å². The zero-order valence-corrected chi connectivity index (χ0v) is 42.7. The first-order valence-corrected chi connectivity index (χ1v) is 25.4. The molecule has 0 aliphatic carbocycles. The number of nitrogens with zero attached hydrogens (tertiary/aromatic N) is 2. The van der Waals surface area contributed by atoms with Gasteiger partial charge in [0.1, 0.15) is 25.4 Å². The number of para-hydroxylation sites is 2. The van der Waals surface area contributed by atoms with Gasteiger partial charge in [0.2, 0.25) is 0 Å². The topological polar surface area (TPSA) is 318 Å². The monoisotopic (exact) mass is 1060 g/mol. The van der Waals surface area contributed by atoms with Gasteiger partial charge in [-0.2, -0.15) is 38.0 Å². The van der Waals surface area contributed by atoms with Crippen molar-refractivity contribution >= 4 is 28.5 Å². The highest BCUT2D eigenvalue weighted by Crippen LogP contribution is 2.56. The fourth-order valence-corrected chi connectivity index (χ4v) is 10.2. The van der Waals surface area contributed by atoms with Crippen molar-refractivity contribution in [2.45, 2.75) is 117 Å². The van der Waals surface area contributed by atoms with E-state index in [-0.39, 0.29) is 42.8 Å². The number of hydrogen-bond donors (Lipinski definition) is 7. The van der Waals surface area contributed by atoms with E-state index in [1.807, 2.05) is 52.6 Å². The molecule has 2 aromatic carbocycles. The number of nitrogens with one attached hydrogen (secondary N) is 4. The molecule has 27 heteroatoms. The maximum atomic E-state index is 15.6. The zero-order valence-electron chi connectivity index (χ0n) is 40.9. The van der Waals surface area contributed by atoms with E-state index in [2.05, 4.69) is 15.2 Å². The first-order chi connectivity index (χ1) is 33.7. The Morgan fingerprint density at radius 3 is 1.36 bits per heavy atom. The van der Waals surface area contributed by atoms with E-state index >= 15 is 8.78 Å². The van der Waals surface area contributed by atoms with Crippen molar-refractivity contribution in [2.75, 3.05) is 13.2 Å². The summed E-state index contributed by atoms with van der Waals surface area (Å²) in [7, 11) is -7.31. The molecule has 12 atom stereocenters. The molecule has 2 fully saturated rings. The number of benzene rings is 2. The molecule has 0 spiro atoms. The lowest BCUT2D eigenvalue weighted by Crippen LogP contribution is -2.44. The maximum absolute atomic E-state index is 15.6. The van der Waals surface area contributed by atoms with Crippen molar-refractivity contribution < 1.29 is 70.4 Å². The Morgan fingerprint density at radius 1 is 0.653 bits per heavy atom. The fraction of sp³-hybridized carbons (Fsp3) is 0.511. The van der Waals surface area contributed by atoms with Crippen LogP contribution in [0.5, 0.6) is 11.5 Å². The van der Waals surface area contributed by atoms with Crippen LogP contribution in [0.25, 0.3) is 0 Å². The number of hydrogen-bond acceptors (Lipinski definition) is 19. The lowest BCUT2D eigenvalue weighted by atomic mass is 9.90. The van der Waals surface area contributed by atoms with Gasteiger partial charge in [0.05, 0.1) is 6.10 Å². The van der Waals surface area contributed by atoms with Crippen LogP contribution in [0.2, 0.25) is 0 Å². The molecule has 23 nitrogen and oxygen atoms in total. The Hall–Kier alpha value is -5.48. The van der Waals surface area contributed by atoms with Crippen LogP contribution < -0.4 is 41.7 Å². The van der Waals surface area contributed by atoms with Crippen molar-refractivity contribution in [3.63, 3.8) is 0 Å². The number of ether oxygens (including phenoxy) is 2. The summed E-state index contributed by atoms with van der Waals surface area (Å²) < 4.78 is 67.4. The minimum Gasteiger partial charge on any atom is -0.387 e. The van der Waals surface area contributed by atoms with Crippen molar-refractivity contribution in [3.05, 3.63) is 127 Å². The van der Waals surface area contributed by atoms with Crippen LogP contribution in [0.1, 0.15) is 74.8 Å². The van der Waals surface area contributed by atoms with Crippen LogP contribution in [-0.4, -0.2) is 101 Å². The second-order valence-corrected chi connectivity index (χ2v) is 21.0. The first kappa shape index (κ1) is 60.8. The van der Waals surface area contributed by atoms with Gasteiger partial charge >= 0.3 is 39.9 Å². The zero-order chi connectivity index (χ0) is 54.2. The summed E-state index contributed by atoms with van der Waals surface area (Å²) >= 11 is 0. The summed E-state index contributed by atoms with van der Waals surface area (Å²) in [5.74, 6) is 0.419. The second-order valence-electron chi connectivity index (χ2n) is 17.6. The van der Waals surface area contributed by atoms with Gasteiger partial charge in [-0.05, 0) is 63.8 Å². The number of aliphatic hydroxyl groups excluding tert-OH is 1. The van der Waals surface area contributed by atoms with Gasteiger partial charge in [-0.25, -0.2) is 18.4 Å². The third-order valence-electron chi connectivity index (χ3n) is 11.7. The van der Waals surface area contributed by atoms with Gasteiger partial charge in [-0.1, -0.05) is 71.0 Å². The number of aromatic amines is 2. The van der Waals surface area contributed by atoms with Crippen LogP contribution in [0.15, 0.2) is 104 Å². The number of H-pyrrole nitrogens is 2. The predicted molar refractivity (Wildman–Crippen MR) is 254 cm³/mol. The lowest BCUT2D eigenvalue weighted by Gasteiger charge is -2.26. The Bertz CT molecular complexity index is 2450. The van der Waals surface area contributed by atoms with E-state index in [4.69, 9.17) is 46.7 Å². The number of carbonyl (C=O) groups excluding carboxylic acids is 4. The maximum Gasteiger partial charge on any atom is 0.544 e. The average Bonchev–Trinajstić information content (AvgIpc) is 3.67. The summed E-state index contributed by atoms with van der Waals surface area (Å²) in [6.45, 7) is 15.1. The predicted octanol–water partition coefficient (Wildman–Crippen LogP) is 3.95. The fourth-order valence-electron chi connectivity index (χ4n) is 6.69. The van der Waals surface area contributed by atoms with Crippen molar-refractivity contribution in [2.24, 2.45) is 17.8 Å². The smallest absolute Gasteiger partial charge is 0.387 e. The largest absolute Gasteiger partial charge is 0.544 e. The van der Waals surface area contributed by atoms with Crippen LogP contribution in [0.3, 0.4) is 0 Å². The highest BCUT2D eigenvalue weighted by Gasteiger charge is 2.58. The van der Waals surface area contributed by atoms with Gasteiger partial charge in [-0.15, -0.1) is 10.2 Å². The number of rotatable bonds is 18. The van der Waals surface area contributed by atoms with Gasteiger partial charge in [-0.3, -0.25) is 37.7 Å². The summed E-state index contributed by atoms with van der Waals surface area (Å²) in [5.41, 5.74) is -7.20. The number of alkyl halides is 2. The quantitative estimate of drug-likeness (QED) is 0.0694. The van der Waals surface area contributed by atoms with E-state index in [1.165, 1.54) is 13.1 Å². The molecule has 2 aromatic heterocycles. The molecule has 2 saturated heterocycles. The van der Waals surface area contributed by atoms with Crippen LogP contribution in [-0.2, 0) is 37.7 Å². The van der Waals surface area contributed by atoms with E-state index in [1.54, 1.807) is 61.5 Å². The van der Waals surface area contributed by atoms with Crippen molar-refractivity contribution in [3.8, 4) is 11.5 Å². The summed E-state index contributed by atoms with van der Waals surface area (Å²) in [6.07, 6.45) is -3.70. The standard InChI is InChI=1S/C22H31FN3O6P.C21H29FN3O7P.2CO2/c1-14(2)16(4)25-33(29,32-17-9-7-6-8-10-17)30-13-18-15(3)22(5,23)20(31-18)26-12-11-19(27)24-21(26)28;1-13(2)14(3)24-33(29,32-15-8-6-5-7-9-15)30-12-16-18(27)21(4,22)19(31-16)25-11-10-17(26)23-20(25)28;2*2-1-3/h6-12,14-16,18,20,25,29H,13H2,1-5H3;5-11,13-14,16,18-19,24,27,29H,12H2,1-4H3;;/p+2/t15-,16+,18-,20-,22-,33?;14-,16+,18+,19+,21+,33?;;/m10../s1. The molecule has 72 heavy (non-hydrogen) atoms. The summed E-state index contributed by atoms with van der Waals surface area (Å²) in [5, 5.41) is 16.5. The number of aromatic nitrogens is 4. The molecular formula is C45H62F2N6O17P2+2. The SMILES string of the molecule is CC(C)[C@H](C)N[P+](O)(OC[C@H]1O[C@@H](n2ccc(=O)[nH]c2=O)[C@](C)(F)[C@@H]1C)Oc1ccccc1.CC(C)[C@H](C)N[P+](O)(OC[C@H]1O[C@@H](n2ccc(=O)[nH]c2=O)[C@](C)(F)[C@@H]1O)Oc1ccccc1.O=C=O.O=C=O. The molecule has 0 saturated carbocycles. The second kappa shape index (κ2) is 27.0. The van der Waals surface area contributed by atoms with E-state index in [0.29, 0.717) is 11.5 Å². The summed E-state index contributed by atoms with van der Waals surface area (Å²) in [4.78, 5) is 106. The molecule has 4 heterocycles. The van der Waals surface area contributed by atoms with Crippen LogP contribution >= 0.6 is 16.2 Å². The van der Waals surface area contributed by atoms with Gasteiger partial charge in [0.15, 0.2) is 35.3 Å². The molecular weight excluding hydrogens is 996 g/mol. The minimum absolute atomic E-state index is 0.132. The molecule has 6 rings (SSSR count).